The van der Waals surface area contributed by atoms with Gasteiger partial charge >= 0.3 is 6.36 Å². The highest BCUT2D eigenvalue weighted by Crippen LogP contribution is 2.50. The number of nitrogens with two attached hydrogens (primary N) is 1. The van der Waals surface area contributed by atoms with Gasteiger partial charge < -0.3 is 15.8 Å². The molecule has 0 heterocycles. The minimum Gasteiger partial charge on any atom is -0.405 e. The molecule has 1 fully saturated rings. The van der Waals surface area contributed by atoms with Crippen molar-refractivity contribution in [2.45, 2.75) is 25.6 Å². The SMILES string of the molecule is CC(CN)CNC(=O)C1CC1c1ccccc1OC(F)(F)F.Cl. The Morgan fingerprint density at radius 3 is 2.70 bits per heavy atom. The number of alkyl halides is 3. The number of nitrogens with one attached hydrogen (secondary N) is 1. The predicted octanol–water partition coefficient (Wildman–Crippen LogP) is 2.82. The van der Waals surface area contributed by atoms with Crippen molar-refractivity contribution in [2.24, 2.45) is 17.6 Å². The number of benzene rings is 1. The van der Waals surface area contributed by atoms with Crippen molar-refractivity contribution in [3.05, 3.63) is 29.8 Å². The van der Waals surface area contributed by atoms with Crippen LogP contribution in [0.5, 0.6) is 5.75 Å². The normalized spacial score (nSPS) is 21.1. The molecule has 1 aromatic rings. The average molecular weight is 353 g/mol. The van der Waals surface area contributed by atoms with E-state index in [9.17, 15) is 18.0 Å². The number of halogens is 4. The van der Waals surface area contributed by atoms with E-state index in [0.717, 1.165) is 0 Å². The molecule has 0 bridgehead atoms. The Balaban J connectivity index is 0.00000264. The van der Waals surface area contributed by atoms with E-state index in [1.807, 2.05) is 6.92 Å². The maximum atomic E-state index is 12.4. The Hall–Kier alpha value is -1.47. The predicted molar refractivity (Wildman–Crippen MR) is 82.4 cm³/mol. The van der Waals surface area contributed by atoms with Gasteiger partial charge in [-0.2, -0.15) is 0 Å². The monoisotopic (exact) mass is 352 g/mol. The van der Waals surface area contributed by atoms with Crippen LogP contribution < -0.4 is 15.8 Å². The molecule has 1 amide bonds. The Morgan fingerprint density at radius 2 is 2.09 bits per heavy atom. The second kappa shape index (κ2) is 7.88. The van der Waals surface area contributed by atoms with Crippen LogP contribution >= 0.6 is 12.4 Å². The highest BCUT2D eigenvalue weighted by molar-refractivity contribution is 5.85. The van der Waals surface area contributed by atoms with Crippen molar-refractivity contribution in [1.29, 1.82) is 0 Å². The summed E-state index contributed by atoms with van der Waals surface area (Å²) in [7, 11) is 0. The van der Waals surface area contributed by atoms with Gasteiger partial charge in [0.1, 0.15) is 5.75 Å². The first-order chi connectivity index (χ1) is 10.3. The van der Waals surface area contributed by atoms with Crippen LogP contribution in [-0.2, 0) is 4.79 Å². The molecule has 3 unspecified atom stereocenters. The molecule has 1 aliphatic rings. The fraction of sp³-hybridized carbons (Fsp3) is 0.533. The zero-order valence-electron chi connectivity index (χ0n) is 12.6. The Labute approximate surface area is 139 Å². The number of rotatable bonds is 6. The highest BCUT2D eigenvalue weighted by atomic mass is 35.5. The molecule has 0 saturated heterocycles. The summed E-state index contributed by atoms with van der Waals surface area (Å²) in [5.74, 6) is -0.741. The quantitative estimate of drug-likeness (QED) is 0.827. The van der Waals surface area contributed by atoms with Crippen molar-refractivity contribution < 1.29 is 22.7 Å². The number of hydrogen-bond acceptors (Lipinski definition) is 3. The number of carbonyl (C=O) groups is 1. The lowest BCUT2D eigenvalue weighted by molar-refractivity contribution is -0.274. The summed E-state index contributed by atoms with van der Waals surface area (Å²) in [5, 5.41) is 2.78. The Kier molecular flexibility index (Phi) is 6.70. The van der Waals surface area contributed by atoms with Crippen molar-refractivity contribution >= 4 is 18.3 Å². The van der Waals surface area contributed by atoms with Gasteiger partial charge in [0, 0.05) is 12.5 Å². The number of hydrogen-bond donors (Lipinski definition) is 2. The largest absolute Gasteiger partial charge is 0.573 e. The van der Waals surface area contributed by atoms with Crippen LogP contribution in [0, 0.1) is 11.8 Å². The van der Waals surface area contributed by atoms with E-state index in [0.29, 0.717) is 25.1 Å². The molecule has 0 aliphatic heterocycles. The van der Waals surface area contributed by atoms with Crippen LogP contribution in [-0.4, -0.2) is 25.4 Å². The van der Waals surface area contributed by atoms with Gasteiger partial charge in [0.05, 0.1) is 0 Å². The second-order valence-corrected chi connectivity index (χ2v) is 5.62. The maximum absolute atomic E-state index is 12.4. The molecule has 0 radical (unpaired) electrons. The fourth-order valence-corrected chi connectivity index (χ4v) is 2.32. The van der Waals surface area contributed by atoms with Crippen LogP contribution in [0.25, 0.3) is 0 Å². The molecule has 1 aliphatic carbocycles. The maximum Gasteiger partial charge on any atom is 0.573 e. The van der Waals surface area contributed by atoms with Gasteiger partial charge in [-0.15, -0.1) is 25.6 Å². The second-order valence-electron chi connectivity index (χ2n) is 5.62. The molecule has 2 rings (SSSR count). The number of ether oxygens (including phenoxy) is 1. The van der Waals surface area contributed by atoms with Gasteiger partial charge in [0.25, 0.3) is 0 Å². The van der Waals surface area contributed by atoms with E-state index in [4.69, 9.17) is 5.73 Å². The van der Waals surface area contributed by atoms with E-state index in [1.165, 1.54) is 12.1 Å². The van der Waals surface area contributed by atoms with E-state index in [1.54, 1.807) is 12.1 Å². The van der Waals surface area contributed by atoms with Crippen LogP contribution in [0.2, 0.25) is 0 Å². The van der Waals surface area contributed by atoms with Crippen molar-refractivity contribution in [3.63, 3.8) is 0 Å². The van der Waals surface area contributed by atoms with Crippen LogP contribution in [0.3, 0.4) is 0 Å². The minimum absolute atomic E-state index is 0. The average Bonchev–Trinajstić information content (AvgIpc) is 3.23. The molecule has 0 aromatic heterocycles. The molecular weight excluding hydrogens is 333 g/mol. The lowest BCUT2D eigenvalue weighted by Gasteiger charge is -2.13. The molecule has 1 aromatic carbocycles. The van der Waals surface area contributed by atoms with E-state index in [-0.39, 0.29) is 41.8 Å². The molecule has 1 saturated carbocycles. The van der Waals surface area contributed by atoms with Crippen molar-refractivity contribution in [3.8, 4) is 5.75 Å². The molecule has 4 nitrogen and oxygen atoms in total. The summed E-state index contributed by atoms with van der Waals surface area (Å²) in [4.78, 5) is 12.0. The first-order valence-corrected chi connectivity index (χ1v) is 7.14. The molecule has 3 atom stereocenters. The summed E-state index contributed by atoms with van der Waals surface area (Å²) < 4.78 is 41.2. The minimum atomic E-state index is -4.74. The third-order valence-corrected chi connectivity index (χ3v) is 3.70. The number of carbonyl (C=O) groups excluding carboxylic acids is 1. The standard InChI is InChI=1S/C15H19F3N2O2.ClH/c1-9(7-19)8-20-14(21)12-6-11(12)10-4-2-3-5-13(10)22-15(16,17)18;/h2-5,9,11-12H,6-8,19H2,1H3,(H,20,21);1H. The summed E-state index contributed by atoms with van der Waals surface area (Å²) in [6.07, 6.45) is -4.21. The van der Waals surface area contributed by atoms with Crippen LogP contribution in [0.15, 0.2) is 24.3 Å². The fourth-order valence-electron chi connectivity index (χ4n) is 2.32. The van der Waals surface area contributed by atoms with Gasteiger partial charge in [0.2, 0.25) is 5.91 Å². The smallest absolute Gasteiger partial charge is 0.405 e. The first-order valence-electron chi connectivity index (χ1n) is 7.14. The Morgan fingerprint density at radius 1 is 1.43 bits per heavy atom. The first kappa shape index (κ1) is 19.6. The van der Waals surface area contributed by atoms with Gasteiger partial charge in [-0.3, -0.25) is 4.79 Å². The van der Waals surface area contributed by atoms with E-state index in [2.05, 4.69) is 10.1 Å². The van der Waals surface area contributed by atoms with E-state index >= 15 is 0 Å². The van der Waals surface area contributed by atoms with E-state index < -0.39 is 6.36 Å². The summed E-state index contributed by atoms with van der Waals surface area (Å²) in [6, 6.07) is 5.96. The van der Waals surface area contributed by atoms with Crippen molar-refractivity contribution in [1.82, 2.24) is 5.32 Å². The summed E-state index contributed by atoms with van der Waals surface area (Å²) in [5.41, 5.74) is 5.90. The highest BCUT2D eigenvalue weighted by Gasteiger charge is 2.46. The van der Waals surface area contributed by atoms with Gasteiger partial charge in [-0.1, -0.05) is 25.1 Å². The summed E-state index contributed by atoms with van der Waals surface area (Å²) in [6.45, 7) is 2.85. The number of amides is 1. The Bertz CT molecular complexity index is 540. The third kappa shape index (κ3) is 5.58. The molecule has 3 N–H and O–H groups in total. The van der Waals surface area contributed by atoms with Crippen LogP contribution in [0.1, 0.15) is 24.8 Å². The molecule has 0 spiro atoms. The van der Waals surface area contributed by atoms with Gasteiger partial charge in [0.15, 0.2) is 0 Å². The third-order valence-electron chi connectivity index (χ3n) is 3.70. The van der Waals surface area contributed by atoms with Gasteiger partial charge in [-0.25, -0.2) is 0 Å². The topological polar surface area (TPSA) is 64.3 Å². The lowest BCUT2D eigenvalue weighted by atomic mass is 10.1. The number of para-hydroxylation sites is 1. The zero-order valence-corrected chi connectivity index (χ0v) is 13.4. The lowest BCUT2D eigenvalue weighted by Crippen LogP contribution is -2.32. The van der Waals surface area contributed by atoms with Crippen molar-refractivity contribution in [2.75, 3.05) is 13.1 Å². The molecule has 8 heteroatoms. The van der Waals surface area contributed by atoms with Crippen LogP contribution in [0.4, 0.5) is 13.2 Å². The molecule has 23 heavy (non-hydrogen) atoms. The van der Waals surface area contributed by atoms with Gasteiger partial charge in [-0.05, 0) is 36.4 Å². The summed E-state index contributed by atoms with van der Waals surface area (Å²) >= 11 is 0. The molecule has 130 valence electrons. The zero-order chi connectivity index (χ0) is 16.3. The molecular formula is C15H20ClF3N2O2.